The molecule has 1 aromatic rings. The van der Waals surface area contributed by atoms with Crippen LogP contribution in [-0.4, -0.2) is 48.7 Å². The molecular formula is C14H18BrN3O3. The number of amides is 2. The fraction of sp³-hybridized carbons (Fsp3) is 0.429. The van der Waals surface area contributed by atoms with E-state index in [0.717, 1.165) is 19.5 Å². The Balaban J connectivity index is 1.90. The van der Waals surface area contributed by atoms with E-state index in [9.17, 15) is 9.59 Å². The summed E-state index contributed by atoms with van der Waals surface area (Å²) in [6.45, 7) is 2.66. The van der Waals surface area contributed by atoms with Gasteiger partial charge in [-0.1, -0.05) is 0 Å². The van der Waals surface area contributed by atoms with E-state index in [2.05, 4.69) is 38.5 Å². The van der Waals surface area contributed by atoms with Gasteiger partial charge in [0.1, 0.15) is 0 Å². The molecule has 0 radical (unpaired) electrons. The minimum Gasteiger partial charge on any atom is -0.478 e. The topological polar surface area (TPSA) is 81.7 Å². The average Bonchev–Trinajstić information content (AvgIpc) is 2.84. The first-order valence-corrected chi connectivity index (χ1v) is 7.51. The van der Waals surface area contributed by atoms with E-state index in [1.54, 1.807) is 6.07 Å². The first kappa shape index (κ1) is 15.8. The number of carboxylic acid groups (broad SMARTS) is 1. The lowest BCUT2D eigenvalue weighted by Gasteiger charge is -2.13. The number of aromatic carboxylic acids is 1. The largest absolute Gasteiger partial charge is 0.478 e. The van der Waals surface area contributed by atoms with Gasteiger partial charge < -0.3 is 20.6 Å². The molecule has 1 unspecified atom stereocenters. The summed E-state index contributed by atoms with van der Waals surface area (Å²) in [7, 11) is 2.06. The predicted molar refractivity (Wildman–Crippen MR) is 83.7 cm³/mol. The Morgan fingerprint density at radius 1 is 1.48 bits per heavy atom. The molecule has 0 aliphatic carbocycles. The maximum absolute atomic E-state index is 11.9. The second-order valence-electron chi connectivity index (χ2n) is 5.25. The molecule has 1 aromatic carbocycles. The Labute approximate surface area is 131 Å². The van der Waals surface area contributed by atoms with Gasteiger partial charge in [-0.3, -0.25) is 0 Å². The number of benzene rings is 1. The van der Waals surface area contributed by atoms with Gasteiger partial charge in [-0.05, 0) is 60.1 Å². The Bertz CT molecular complexity index is 550. The fourth-order valence-corrected chi connectivity index (χ4v) is 2.70. The van der Waals surface area contributed by atoms with E-state index < -0.39 is 5.97 Å². The Hall–Kier alpha value is -1.60. The number of rotatable bonds is 4. The first-order valence-electron chi connectivity index (χ1n) is 6.72. The summed E-state index contributed by atoms with van der Waals surface area (Å²) in [5.41, 5.74) is 0.571. The second-order valence-corrected chi connectivity index (χ2v) is 6.11. The van der Waals surface area contributed by atoms with Crippen LogP contribution in [0.1, 0.15) is 16.8 Å². The summed E-state index contributed by atoms with van der Waals surface area (Å²) >= 11 is 3.29. The number of urea groups is 1. The van der Waals surface area contributed by atoms with Crippen molar-refractivity contribution in [3.05, 3.63) is 28.2 Å². The molecule has 1 saturated heterocycles. The van der Waals surface area contributed by atoms with Gasteiger partial charge in [-0.25, -0.2) is 9.59 Å². The molecule has 0 spiro atoms. The zero-order valence-electron chi connectivity index (χ0n) is 11.7. The number of hydrogen-bond donors (Lipinski definition) is 3. The number of carbonyl (C=O) groups excluding carboxylic acids is 1. The molecule has 0 saturated carbocycles. The van der Waals surface area contributed by atoms with Crippen LogP contribution in [0.25, 0.3) is 0 Å². The Kier molecular flexibility index (Phi) is 5.19. The Morgan fingerprint density at radius 3 is 2.86 bits per heavy atom. The zero-order valence-corrected chi connectivity index (χ0v) is 13.3. The summed E-state index contributed by atoms with van der Waals surface area (Å²) in [5.74, 6) is -0.561. The number of anilines is 1. The molecule has 3 N–H and O–H groups in total. The highest BCUT2D eigenvalue weighted by Crippen LogP contribution is 2.23. The molecule has 114 valence electrons. The third kappa shape index (κ3) is 4.44. The molecule has 0 aromatic heterocycles. The molecule has 1 aliphatic heterocycles. The highest BCUT2D eigenvalue weighted by atomic mass is 79.9. The van der Waals surface area contributed by atoms with Crippen LogP contribution in [0, 0.1) is 5.92 Å². The van der Waals surface area contributed by atoms with Gasteiger partial charge in [-0.15, -0.1) is 0 Å². The van der Waals surface area contributed by atoms with E-state index in [1.807, 2.05) is 0 Å². The SMILES string of the molecule is CN1CCC(CNC(=O)Nc2cc(C(=O)O)ccc2Br)C1. The van der Waals surface area contributed by atoms with E-state index in [1.165, 1.54) is 12.1 Å². The van der Waals surface area contributed by atoms with E-state index >= 15 is 0 Å². The molecule has 1 heterocycles. The third-order valence-electron chi connectivity index (χ3n) is 3.50. The van der Waals surface area contributed by atoms with Gasteiger partial charge in [0.2, 0.25) is 0 Å². The van der Waals surface area contributed by atoms with Crippen LogP contribution in [0.4, 0.5) is 10.5 Å². The minimum absolute atomic E-state index is 0.130. The lowest BCUT2D eigenvalue weighted by molar-refractivity contribution is 0.0697. The zero-order chi connectivity index (χ0) is 15.4. The standard InChI is InChI=1S/C14H18BrN3O3/c1-18-5-4-9(8-18)7-16-14(21)17-12-6-10(13(19)20)2-3-11(12)15/h2-3,6,9H,4-5,7-8H2,1H3,(H,19,20)(H2,16,17,21). The molecule has 6 nitrogen and oxygen atoms in total. The molecule has 0 bridgehead atoms. The summed E-state index contributed by atoms with van der Waals surface area (Å²) < 4.78 is 0.642. The van der Waals surface area contributed by atoms with Gasteiger partial charge in [0.05, 0.1) is 11.3 Å². The highest BCUT2D eigenvalue weighted by Gasteiger charge is 2.20. The van der Waals surface area contributed by atoms with Crippen LogP contribution >= 0.6 is 15.9 Å². The van der Waals surface area contributed by atoms with Crippen LogP contribution in [0.15, 0.2) is 22.7 Å². The first-order chi connectivity index (χ1) is 9.95. The maximum Gasteiger partial charge on any atom is 0.335 e. The quantitative estimate of drug-likeness (QED) is 0.773. The van der Waals surface area contributed by atoms with Gasteiger partial charge in [0.25, 0.3) is 0 Å². The molecule has 2 amide bonds. The molecule has 21 heavy (non-hydrogen) atoms. The molecule has 2 rings (SSSR count). The van der Waals surface area contributed by atoms with Crippen molar-refractivity contribution in [2.75, 3.05) is 32.0 Å². The van der Waals surface area contributed by atoms with Gasteiger partial charge >= 0.3 is 12.0 Å². The van der Waals surface area contributed by atoms with Gasteiger partial charge in [0, 0.05) is 17.6 Å². The minimum atomic E-state index is -1.03. The number of nitrogens with zero attached hydrogens (tertiary/aromatic N) is 1. The monoisotopic (exact) mass is 355 g/mol. The van der Waals surface area contributed by atoms with Crippen molar-refractivity contribution in [3.63, 3.8) is 0 Å². The summed E-state index contributed by atoms with van der Waals surface area (Å²) in [4.78, 5) is 25.0. The van der Waals surface area contributed by atoms with Crippen molar-refractivity contribution in [1.29, 1.82) is 0 Å². The van der Waals surface area contributed by atoms with Crippen LogP contribution in [0.2, 0.25) is 0 Å². The van der Waals surface area contributed by atoms with Crippen molar-refractivity contribution in [2.24, 2.45) is 5.92 Å². The van der Waals surface area contributed by atoms with Crippen LogP contribution in [0.3, 0.4) is 0 Å². The van der Waals surface area contributed by atoms with Crippen LogP contribution in [-0.2, 0) is 0 Å². The predicted octanol–water partition coefficient (Wildman–Crippen LogP) is 2.22. The van der Waals surface area contributed by atoms with E-state index in [0.29, 0.717) is 22.6 Å². The number of carbonyl (C=O) groups is 2. The molecule has 7 heteroatoms. The number of likely N-dealkylation sites (tertiary alicyclic amines) is 1. The third-order valence-corrected chi connectivity index (χ3v) is 4.19. The van der Waals surface area contributed by atoms with E-state index in [-0.39, 0.29) is 11.6 Å². The smallest absolute Gasteiger partial charge is 0.335 e. The summed E-state index contributed by atoms with van der Waals surface area (Å²) in [6.07, 6.45) is 1.08. The van der Waals surface area contributed by atoms with Crippen molar-refractivity contribution in [1.82, 2.24) is 10.2 Å². The fourth-order valence-electron chi connectivity index (χ4n) is 2.35. The Morgan fingerprint density at radius 2 is 2.24 bits per heavy atom. The molecule has 1 aliphatic rings. The number of halogens is 1. The highest BCUT2D eigenvalue weighted by molar-refractivity contribution is 9.10. The van der Waals surface area contributed by atoms with Crippen molar-refractivity contribution in [2.45, 2.75) is 6.42 Å². The van der Waals surface area contributed by atoms with Crippen LogP contribution in [0.5, 0.6) is 0 Å². The average molecular weight is 356 g/mol. The second kappa shape index (κ2) is 6.91. The summed E-state index contributed by atoms with van der Waals surface area (Å²) in [6, 6.07) is 4.18. The van der Waals surface area contributed by atoms with Crippen molar-refractivity contribution < 1.29 is 14.7 Å². The van der Waals surface area contributed by atoms with Gasteiger partial charge in [0.15, 0.2) is 0 Å². The molecule has 1 fully saturated rings. The van der Waals surface area contributed by atoms with E-state index in [4.69, 9.17) is 5.11 Å². The van der Waals surface area contributed by atoms with Gasteiger partial charge in [-0.2, -0.15) is 0 Å². The normalized spacial score (nSPS) is 18.5. The summed E-state index contributed by atoms with van der Waals surface area (Å²) in [5, 5.41) is 14.4. The lowest BCUT2D eigenvalue weighted by atomic mass is 10.1. The molecular weight excluding hydrogens is 338 g/mol. The molecule has 1 atom stereocenters. The number of nitrogens with one attached hydrogen (secondary N) is 2. The number of hydrogen-bond acceptors (Lipinski definition) is 3. The van der Waals surface area contributed by atoms with Crippen molar-refractivity contribution in [3.8, 4) is 0 Å². The van der Waals surface area contributed by atoms with Crippen molar-refractivity contribution >= 4 is 33.6 Å². The van der Waals surface area contributed by atoms with Crippen LogP contribution < -0.4 is 10.6 Å². The number of carboxylic acids is 1. The maximum atomic E-state index is 11.9. The lowest BCUT2D eigenvalue weighted by Crippen LogP contribution is -2.34.